The number of carbonyl (C=O) groups is 1. The number of thiazole rings is 1. The maximum atomic E-state index is 11.7. The summed E-state index contributed by atoms with van der Waals surface area (Å²) in [7, 11) is 0. The van der Waals surface area contributed by atoms with E-state index >= 15 is 0 Å². The van der Waals surface area contributed by atoms with E-state index in [1.807, 2.05) is 19.1 Å². The van der Waals surface area contributed by atoms with Gasteiger partial charge in [-0.15, -0.1) is 11.3 Å². The van der Waals surface area contributed by atoms with Crippen molar-refractivity contribution in [3.8, 4) is 11.1 Å². The van der Waals surface area contributed by atoms with Gasteiger partial charge in [0.15, 0.2) is 0 Å². The van der Waals surface area contributed by atoms with Gasteiger partial charge in [-0.25, -0.2) is 15.0 Å². The summed E-state index contributed by atoms with van der Waals surface area (Å²) in [5.41, 5.74) is 10.00. The van der Waals surface area contributed by atoms with Gasteiger partial charge >= 0.3 is 0 Å². The minimum absolute atomic E-state index is 0.208. The number of anilines is 1. The molecule has 0 fully saturated rings. The highest BCUT2D eigenvalue weighted by Crippen LogP contribution is 2.36. The van der Waals surface area contributed by atoms with Gasteiger partial charge in [-0.1, -0.05) is 13.0 Å². The van der Waals surface area contributed by atoms with E-state index in [2.05, 4.69) is 45.6 Å². The second-order valence-electron chi connectivity index (χ2n) is 6.86. The van der Waals surface area contributed by atoms with Gasteiger partial charge in [-0.05, 0) is 31.5 Å². The molecule has 6 nitrogen and oxygen atoms in total. The Labute approximate surface area is 161 Å². The molecule has 4 aromatic rings. The van der Waals surface area contributed by atoms with Crippen LogP contribution >= 0.6 is 11.3 Å². The van der Waals surface area contributed by atoms with E-state index in [4.69, 9.17) is 5.73 Å². The summed E-state index contributed by atoms with van der Waals surface area (Å²) in [5.74, 6) is 0.687. The van der Waals surface area contributed by atoms with Crippen molar-refractivity contribution in [3.63, 3.8) is 0 Å². The van der Waals surface area contributed by atoms with Gasteiger partial charge < -0.3 is 10.3 Å². The van der Waals surface area contributed by atoms with E-state index in [1.165, 1.54) is 6.33 Å². The minimum Gasteiger partial charge on any atom is -0.383 e. The van der Waals surface area contributed by atoms with Crippen molar-refractivity contribution in [3.05, 3.63) is 35.7 Å². The van der Waals surface area contributed by atoms with Crippen LogP contribution in [0, 0.1) is 0 Å². The van der Waals surface area contributed by atoms with E-state index in [1.54, 1.807) is 11.3 Å². The van der Waals surface area contributed by atoms with Crippen molar-refractivity contribution in [1.82, 2.24) is 19.5 Å². The lowest BCUT2D eigenvalue weighted by molar-refractivity contribution is -0.118. The number of hydrogen-bond donors (Lipinski definition) is 1. The zero-order valence-electron chi connectivity index (χ0n) is 15.6. The summed E-state index contributed by atoms with van der Waals surface area (Å²) in [6, 6.07) is 6.41. The molecule has 3 heterocycles. The maximum Gasteiger partial charge on any atom is 0.146 e. The molecule has 0 unspecified atom stereocenters. The molecule has 0 amide bonds. The first-order valence-electron chi connectivity index (χ1n) is 9.00. The average molecular weight is 379 g/mol. The Kier molecular flexibility index (Phi) is 4.39. The van der Waals surface area contributed by atoms with Crippen LogP contribution in [0.25, 0.3) is 32.4 Å². The molecule has 0 atom stereocenters. The molecule has 0 saturated heterocycles. The molecule has 7 heteroatoms. The Bertz CT molecular complexity index is 1160. The third-order valence-corrected chi connectivity index (χ3v) is 5.70. The zero-order valence-corrected chi connectivity index (χ0v) is 16.4. The van der Waals surface area contributed by atoms with Gasteiger partial charge in [0, 0.05) is 24.2 Å². The van der Waals surface area contributed by atoms with Crippen LogP contribution in [0.1, 0.15) is 38.2 Å². The molecule has 0 spiro atoms. The number of carbonyl (C=O) groups excluding carboxylic acids is 1. The number of fused-ring (bicyclic) bond motifs is 2. The van der Waals surface area contributed by atoms with Crippen molar-refractivity contribution in [2.24, 2.45) is 0 Å². The number of nitrogens with zero attached hydrogens (tertiary/aromatic N) is 4. The summed E-state index contributed by atoms with van der Waals surface area (Å²) in [6.45, 7) is 6.11. The Morgan fingerprint density at radius 3 is 2.85 bits per heavy atom. The molecule has 0 aliphatic heterocycles. The fourth-order valence-electron chi connectivity index (χ4n) is 3.23. The zero-order chi connectivity index (χ0) is 19.1. The molecule has 27 heavy (non-hydrogen) atoms. The van der Waals surface area contributed by atoms with Crippen LogP contribution in [-0.2, 0) is 11.2 Å². The minimum atomic E-state index is 0.208. The molecule has 0 aliphatic carbocycles. The molecular weight excluding hydrogens is 358 g/mol. The molecular formula is C20H21N5OS. The number of ketones is 1. The normalized spacial score (nSPS) is 11.7. The van der Waals surface area contributed by atoms with E-state index in [0.717, 1.165) is 37.4 Å². The van der Waals surface area contributed by atoms with Crippen LogP contribution in [0.3, 0.4) is 0 Å². The van der Waals surface area contributed by atoms with Crippen LogP contribution in [0.5, 0.6) is 0 Å². The first-order valence-corrected chi connectivity index (χ1v) is 9.82. The predicted molar refractivity (Wildman–Crippen MR) is 110 cm³/mol. The summed E-state index contributed by atoms with van der Waals surface area (Å²) < 4.78 is 3.18. The summed E-state index contributed by atoms with van der Waals surface area (Å²) in [5, 5.41) is 1.73. The van der Waals surface area contributed by atoms with Gasteiger partial charge in [0.2, 0.25) is 0 Å². The quantitative estimate of drug-likeness (QED) is 0.555. The third kappa shape index (κ3) is 3.08. The maximum absolute atomic E-state index is 11.7. The van der Waals surface area contributed by atoms with Crippen molar-refractivity contribution < 1.29 is 4.79 Å². The van der Waals surface area contributed by atoms with Crippen LogP contribution < -0.4 is 5.73 Å². The van der Waals surface area contributed by atoms with Gasteiger partial charge in [0.25, 0.3) is 0 Å². The molecule has 3 aromatic heterocycles. The highest BCUT2D eigenvalue weighted by atomic mass is 32.1. The van der Waals surface area contributed by atoms with Crippen LogP contribution in [-0.4, -0.2) is 25.3 Å². The van der Waals surface area contributed by atoms with E-state index in [9.17, 15) is 4.79 Å². The molecule has 0 radical (unpaired) electrons. The smallest absolute Gasteiger partial charge is 0.146 e. The third-order valence-electron chi connectivity index (χ3n) is 4.68. The number of rotatable bonds is 5. The second kappa shape index (κ2) is 6.74. The van der Waals surface area contributed by atoms with Crippen LogP contribution in [0.4, 0.5) is 5.82 Å². The summed E-state index contributed by atoms with van der Waals surface area (Å²) in [6.07, 6.45) is 4.53. The van der Waals surface area contributed by atoms with E-state index in [-0.39, 0.29) is 11.8 Å². The van der Waals surface area contributed by atoms with Crippen molar-refractivity contribution in [2.75, 3.05) is 5.73 Å². The highest BCUT2D eigenvalue weighted by molar-refractivity contribution is 7.18. The van der Waals surface area contributed by atoms with E-state index < -0.39 is 0 Å². The first-order chi connectivity index (χ1) is 13.0. The fourth-order valence-corrected chi connectivity index (χ4v) is 4.27. The Balaban J connectivity index is 1.86. The lowest BCUT2D eigenvalue weighted by atomic mass is 10.1. The number of Topliss-reactive ketones (excluding diaryl/α,β-unsaturated/α-hetero) is 1. The molecule has 138 valence electrons. The van der Waals surface area contributed by atoms with Crippen molar-refractivity contribution in [1.29, 1.82) is 0 Å². The van der Waals surface area contributed by atoms with Gasteiger partial charge in [-0.3, -0.25) is 4.79 Å². The number of hydrogen-bond acceptors (Lipinski definition) is 6. The van der Waals surface area contributed by atoms with Crippen LogP contribution in [0.2, 0.25) is 0 Å². The molecule has 0 aliphatic rings. The lowest BCUT2D eigenvalue weighted by Gasteiger charge is -2.07. The summed E-state index contributed by atoms with van der Waals surface area (Å²) >= 11 is 1.57. The topological polar surface area (TPSA) is 86.7 Å². The SMILES string of the molecule is CCC(=O)Cc1nc2ccc(-c3cn(C(C)C)c4ncnc(N)c34)cc2s1. The fraction of sp³-hybridized carbons (Fsp3) is 0.300. The average Bonchev–Trinajstić information content (AvgIpc) is 3.22. The predicted octanol–water partition coefficient (Wildman–Crippen LogP) is 4.39. The number of aromatic nitrogens is 4. The molecule has 2 N–H and O–H groups in total. The molecule has 0 bridgehead atoms. The monoisotopic (exact) mass is 379 g/mol. The molecule has 0 saturated carbocycles. The number of nitrogens with two attached hydrogens (primary N) is 1. The number of benzene rings is 1. The number of nitrogen functional groups attached to an aromatic ring is 1. The van der Waals surface area contributed by atoms with Crippen molar-refractivity contribution in [2.45, 2.75) is 39.7 Å². The Morgan fingerprint density at radius 1 is 1.30 bits per heavy atom. The molecule has 1 aromatic carbocycles. The lowest BCUT2D eigenvalue weighted by Crippen LogP contribution is -2.00. The summed E-state index contributed by atoms with van der Waals surface area (Å²) in [4.78, 5) is 24.9. The van der Waals surface area contributed by atoms with E-state index in [0.29, 0.717) is 18.7 Å². The van der Waals surface area contributed by atoms with Gasteiger partial charge in [0.05, 0.1) is 22.0 Å². The van der Waals surface area contributed by atoms with Gasteiger partial charge in [-0.2, -0.15) is 0 Å². The molecule has 4 rings (SSSR count). The Hall–Kier alpha value is -2.80. The standard InChI is InChI=1S/C20H21N5OS/c1-4-13(26)8-17-24-15-6-5-12(7-16(15)27-17)14-9-25(11(2)3)20-18(14)19(21)22-10-23-20/h5-7,9-11H,4,8H2,1-3H3,(H2,21,22,23). The van der Waals surface area contributed by atoms with Gasteiger partial charge in [0.1, 0.15) is 28.6 Å². The van der Waals surface area contributed by atoms with Crippen LogP contribution in [0.15, 0.2) is 30.7 Å². The second-order valence-corrected chi connectivity index (χ2v) is 7.98. The Morgan fingerprint density at radius 2 is 2.11 bits per heavy atom. The first kappa shape index (κ1) is 17.6. The highest BCUT2D eigenvalue weighted by Gasteiger charge is 2.17. The largest absolute Gasteiger partial charge is 0.383 e. The van der Waals surface area contributed by atoms with Crippen molar-refractivity contribution >= 4 is 44.2 Å².